The van der Waals surface area contributed by atoms with E-state index in [0.29, 0.717) is 0 Å². The molecule has 264 valence electrons. The largest absolute Gasteiger partial charge is 0.341 e. The van der Waals surface area contributed by atoms with Crippen LogP contribution >= 0.6 is 0 Å². The predicted octanol–water partition coefficient (Wildman–Crippen LogP) is 14.3. The molecule has 0 saturated heterocycles. The van der Waals surface area contributed by atoms with E-state index in [-0.39, 0.29) is 5.41 Å². The summed E-state index contributed by atoms with van der Waals surface area (Å²) in [7, 11) is 2.17. The van der Waals surface area contributed by atoms with Crippen molar-refractivity contribution in [3.63, 3.8) is 0 Å². The zero-order valence-corrected chi connectivity index (χ0v) is 31.3. The molecule has 8 aromatic carbocycles. The normalized spacial score (nSPS) is 13.4. The van der Waals surface area contributed by atoms with Gasteiger partial charge in [-0.1, -0.05) is 135 Å². The summed E-state index contributed by atoms with van der Waals surface area (Å²) >= 11 is 0. The minimum atomic E-state index is -0.0924. The van der Waals surface area contributed by atoms with Gasteiger partial charge in [0.1, 0.15) is 0 Å². The van der Waals surface area contributed by atoms with Crippen LogP contribution in [0.25, 0.3) is 33.4 Å². The molecule has 0 unspecified atom stereocenters. The molecule has 1 heterocycles. The van der Waals surface area contributed by atoms with Gasteiger partial charge in [0.05, 0.1) is 22.7 Å². The molecule has 0 bridgehead atoms. The first-order chi connectivity index (χ1) is 27.0. The number of rotatable bonds is 6. The van der Waals surface area contributed by atoms with Gasteiger partial charge in [0.2, 0.25) is 0 Å². The van der Waals surface area contributed by atoms with Crippen molar-refractivity contribution >= 4 is 45.5 Å². The molecule has 2 aliphatic rings. The van der Waals surface area contributed by atoms with Crippen LogP contribution in [0, 0.1) is 0 Å². The maximum atomic E-state index is 2.41. The molecule has 0 atom stereocenters. The second-order valence-corrected chi connectivity index (χ2v) is 15.1. The van der Waals surface area contributed by atoms with E-state index in [0.717, 1.165) is 22.7 Å². The molecule has 1 aliphatic carbocycles. The lowest BCUT2D eigenvalue weighted by molar-refractivity contribution is 0.660. The van der Waals surface area contributed by atoms with Crippen LogP contribution < -0.4 is 14.7 Å². The monoisotopic (exact) mass is 707 g/mol. The van der Waals surface area contributed by atoms with E-state index in [1.807, 2.05) is 0 Å². The van der Waals surface area contributed by atoms with E-state index in [1.54, 1.807) is 0 Å². The van der Waals surface area contributed by atoms with Crippen LogP contribution in [0.4, 0.5) is 45.5 Å². The molecular formula is C52H41N3. The van der Waals surface area contributed by atoms with E-state index in [1.165, 1.54) is 67.3 Å². The number of anilines is 8. The molecular weight excluding hydrogens is 667 g/mol. The second-order valence-electron chi connectivity index (χ2n) is 15.1. The molecule has 0 spiro atoms. The zero-order valence-electron chi connectivity index (χ0n) is 31.3. The Bertz CT molecular complexity index is 2680. The summed E-state index contributed by atoms with van der Waals surface area (Å²) < 4.78 is 0. The van der Waals surface area contributed by atoms with Gasteiger partial charge in [0, 0.05) is 35.2 Å². The van der Waals surface area contributed by atoms with Crippen LogP contribution in [0.2, 0.25) is 0 Å². The minimum Gasteiger partial charge on any atom is -0.341 e. The average molecular weight is 708 g/mol. The predicted molar refractivity (Wildman–Crippen MR) is 232 cm³/mol. The van der Waals surface area contributed by atoms with Crippen LogP contribution in [0.1, 0.15) is 25.0 Å². The third kappa shape index (κ3) is 5.42. The molecule has 1 aliphatic heterocycles. The number of hydrogen-bond acceptors (Lipinski definition) is 3. The Kier molecular flexibility index (Phi) is 7.71. The Morgan fingerprint density at radius 2 is 0.891 bits per heavy atom. The van der Waals surface area contributed by atoms with Gasteiger partial charge in [-0.25, -0.2) is 0 Å². The first kappa shape index (κ1) is 32.8. The number of fused-ring (bicyclic) bond motifs is 5. The van der Waals surface area contributed by atoms with Crippen LogP contribution in [0.5, 0.6) is 0 Å². The summed E-state index contributed by atoms with van der Waals surface area (Å²) in [6.45, 7) is 4.70. The highest BCUT2D eigenvalue weighted by Gasteiger charge is 2.36. The van der Waals surface area contributed by atoms with Gasteiger partial charge in [-0.3, -0.25) is 0 Å². The fourth-order valence-corrected chi connectivity index (χ4v) is 8.73. The van der Waals surface area contributed by atoms with Crippen molar-refractivity contribution in [3.05, 3.63) is 205 Å². The molecule has 0 amide bonds. The second kappa shape index (κ2) is 12.9. The van der Waals surface area contributed by atoms with Gasteiger partial charge in [-0.05, 0) is 117 Å². The number of benzene rings is 8. The van der Waals surface area contributed by atoms with Gasteiger partial charge < -0.3 is 14.7 Å². The van der Waals surface area contributed by atoms with Crippen molar-refractivity contribution < 1.29 is 0 Å². The van der Waals surface area contributed by atoms with Gasteiger partial charge >= 0.3 is 0 Å². The number of hydrogen-bond donors (Lipinski definition) is 0. The Morgan fingerprint density at radius 1 is 0.382 bits per heavy atom. The Labute approximate surface area is 324 Å². The lowest BCUT2D eigenvalue weighted by atomic mass is 9.82. The van der Waals surface area contributed by atoms with Crippen LogP contribution in [0.15, 0.2) is 194 Å². The van der Waals surface area contributed by atoms with Gasteiger partial charge in [-0.15, -0.1) is 0 Å². The molecule has 0 fully saturated rings. The summed E-state index contributed by atoms with van der Waals surface area (Å²) in [4.78, 5) is 7.08. The minimum absolute atomic E-state index is 0.0924. The smallest absolute Gasteiger partial charge is 0.0700 e. The highest BCUT2D eigenvalue weighted by Crippen LogP contribution is 2.53. The Balaban J connectivity index is 1.05. The van der Waals surface area contributed by atoms with Crippen molar-refractivity contribution in [2.75, 3.05) is 21.7 Å². The topological polar surface area (TPSA) is 9.72 Å². The molecule has 3 nitrogen and oxygen atoms in total. The molecule has 0 N–H and O–H groups in total. The van der Waals surface area contributed by atoms with Crippen molar-refractivity contribution in [3.8, 4) is 33.4 Å². The lowest BCUT2D eigenvalue weighted by Crippen LogP contribution is -2.24. The summed E-state index contributed by atoms with van der Waals surface area (Å²) in [6.07, 6.45) is 0. The summed E-state index contributed by atoms with van der Waals surface area (Å²) in [5, 5.41) is 0. The van der Waals surface area contributed by atoms with E-state index >= 15 is 0 Å². The quantitative estimate of drug-likeness (QED) is 0.170. The third-order valence-corrected chi connectivity index (χ3v) is 11.6. The van der Waals surface area contributed by atoms with Crippen molar-refractivity contribution in [2.45, 2.75) is 19.3 Å². The maximum Gasteiger partial charge on any atom is 0.0700 e. The SMILES string of the molecule is CN1c2ccccc2N(c2ccccc2)c2ccc(-c3ccc(N(c4ccc(-c5ccccc5)cc4)c4ccc5c(c4)C(C)(C)c4ccccc4-5)cc3)cc21. The third-order valence-electron chi connectivity index (χ3n) is 11.6. The average Bonchev–Trinajstić information content (AvgIpc) is 3.47. The van der Waals surface area contributed by atoms with Crippen LogP contribution in [-0.2, 0) is 5.41 Å². The fraction of sp³-hybridized carbons (Fsp3) is 0.0769. The van der Waals surface area contributed by atoms with Crippen molar-refractivity contribution in [1.82, 2.24) is 0 Å². The summed E-state index contributed by atoms with van der Waals surface area (Å²) in [6, 6.07) is 70.6. The number of para-hydroxylation sites is 3. The maximum absolute atomic E-state index is 2.41. The molecule has 0 aromatic heterocycles. The molecule has 0 saturated carbocycles. The standard InChI is InChI=1S/C52H41N3/c1-52(2)46-19-11-10-18-44(46)45-32-31-43(35-47(45)52)54(41-27-22-37(23-28-41)36-14-6-4-7-15-36)42-29-24-38(25-30-42)39-26-33-50-51(34-39)53(3)48-20-12-13-21-49(48)55(50)40-16-8-5-9-17-40/h4-35H,1-3H3. The molecule has 10 rings (SSSR count). The van der Waals surface area contributed by atoms with Gasteiger partial charge in [-0.2, -0.15) is 0 Å². The van der Waals surface area contributed by atoms with Crippen LogP contribution in [-0.4, -0.2) is 7.05 Å². The molecule has 0 radical (unpaired) electrons. The van der Waals surface area contributed by atoms with Gasteiger partial charge in [0.15, 0.2) is 0 Å². The fourth-order valence-electron chi connectivity index (χ4n) is 8.73. The highest BCUT2D eigenvalue weighted by atomic mass is 15.3. The first-order valence-electron chi connectivity index (χ1n) is 19.1. The van der Waals surface area contributed by atoms with E-state index in [2.05, 4.69) is 230 Å². The first-order valence-corrected chi connectivity index (χ1v) is 19.1. The molecule has 3 heteroatoms. The molecule has 55 heavy (non-hydrogen) atoms. The summed E-state index contributed by atoms with van der Waals surface area (Å²) in [5.41, 5.74) is 19.3. The lowest BCUT2D eigenvalue weighted by Gasteiger charge is -2.38. The van der Waals surface area contributed by atoms with Gasteiger partial charge in [0.25, 0.3) is 0 Å². The van der Waals surface area contributed by atoms with E-state index in [4.69, 9.17) is 0 Å². The van der Waals surface area contributed by atoms with Crippen LogP contribution in [0.3, 0.4) is 0 Å². The molecule has 8 aromatic rings. The Hall–Kier alpha value is -6.84. The van der Waals surface area contributed by atoms with E-state index < -0.39 is 0 Å². The Morgan fingerprint density at radius 3 is 1.60 bits per heavy atom. The number of nitrogens with zero attached hydrogens (tertiary/aromatic N) is 3. The van der Waals surface area contributed by atoms with Crippen molar-refractivity contribution in [2.24, 2.45) is 0 Å². The van der Waals surface area contributed by atoms with E-state index in [9.17, 15) is 0 Å². The van der Waals surface area contributed by atoms with Crippen molar-refractivity contribution in [1.29, 1.82) is 0 Å². The highest BCUT2D eigenvalue weighted by molar-refractivity contribution is 5.99. The summed E-state index contributed by atoms with van der Waals surface area (Å²) in [5.74, 6) is 0. The zero-order chi connectivity index (χ0) is 37.1.